The van der Waals surface area contributed by atoms with Crippen molar-refractivity contribution >= 4 is 50.8 Å². The summed E-state index contributed by atoms with van der Waals surface area (Å²) < 4.78 is 29.9. The zero-order valence-electron chi connectivity index (χ0n) is 15.1. The van der Waals surface area contributed by atoms with Crippen molar-refractivity contribution in [3.8, 4) is 0 Å². The molecule has 0 heterocycles. The summed E-state index contributed by atoms with van der Waals surface area (Å²) in [6.07, 6.45) is 1.00. The largest absolute Gasteiger partial charge is 0.465 e. The standard InChI is InChI=1S/C18H18Cl2N2O5S/c1-27-18(24)13-5-3-4-6-16(13)21-17(23)11-22(28(2,25)26)10-12-7-8-14(19)15(20)9-12/h3-9H,10-11H2,1-2H3,(H,21,23). The molecule has 1 N–H and O–H groups in total. The minimum Gasteiger partial charge on any atom is -0.465 e. The van der Waals surface area contributed by atoms with E-state index in [-0.39, 0.29) is 22.8 Å². The molecule has 2 rings (SSSR count). The molecule has 0 atom stereocenters. The van der Waals surface area contributed by atoms with Crippen molar-refractivity contribution in [1.29, 1.82) is 0 Å². The fourth-order valence-electron chi connectivity index (χ4n) is 2.36. The SMILES string of the molecule is COC(=O)c1ccccc1NC(=O)CN(Cc1ccc(Cl)c(Cl)c1)S(C)(=O)=O. The second-order valence-corrected chi connectivity index (χ2v) is 8.66. The van der Waals surface area contributed by atoms with E-state index in [1.54, 1.807) is 24.3 Å². The Labute approximate surface area is 173 Å². The van der Waals surface area contributed by atoms with Crippen molar-refractivity contribution in [3.05, 3.63) is 63.6 Å². The van der Waals surface area contributed by atoms with E-state index in [4.69, 9.17) is 23.2 Å². The monoisotopic (exact) mass is 444 g/mol. The predicted molar refractivity (Wildman–Crippen MR) is 108 cm³/mol. The molecular weight excluding hydrogens is 427 g/mol. The number of halogens is 2. The van der Waals surface area contributed by atoms with Crippen LogP contribution in [0.4, 0.5) is 5.69 Å². The molecule has 0 aromatic heterocycles. The van der Waals surface area contributed by atoms with Crippen molar-refractivity contribution in [1.82, 2.24) is 4.31 Å². The Balaban J connectivity index is 2.18. The molecule has 2 aromatic rings. The first kappa shape index (κ1) is 22.2. The van der Waals surface area contributed by atoms with E-state index < -0.39 is 28.4 Å². The van der Waals surface area contributed by atoms with Gasteiger partial charge in [0.1, 0.15) is 0 Å². The summed E-state index contributed by atoms with van der Waals surface area (Å²) >= 11 is 11.8. The number of hydrogen-bond acceptors (Lipinski definition) is 5. The van der Waals surface area contributed by atoms with E-state index in [0.717, 1.165) is 10.6 Å². The first-order valence-electron chi connectivity index (χ1n) is 7.98. The van der Waals surface area contributed by atoms with Crippen LogP contribution in [-0.2, 0) is 26.1 Å². The molecule has 0 unspecified atom stereocenters. The average Bonchev–Trinajstić information content (AvgIpc) is 2.63. The molecule has 10 heteroatoms. The number of benzene rings is 2. The second-order valence-electron chi connectivity index (χ2n) is 5.86. The Morgan fingerprint density at radius 2 is 1.79 bits per heavy atom. The zero-order valence-corrected chi connectivity index (χ0v) is 17.4. The van der Waals surface area contributed by atoms with E-state index in [9.17, 15) is 18.0 Å². The van der Waals surface area contributed by atoms with Crippen molar-refractivity contribution in [2.24, 2.45) is 0 Å². The van der Waals surface area contributed by atoms with E-state index >= 15 is 0 Å². The lowest BCUT2D eigenvalue weighted by atomic mass is 10.2. The molecule has 150 valence electrons. The number of anilines is 1. The lowest BCUT2D eigenvalue weighted by molar-refractivity contribution is -0.116. The van der Waals surface area contributed by atoms with Crippen LogP contribution >= 0.6 is 23.2 Å². The molecule has 0 bridgehead atoms. The third-order valence-corrected chi connectivity index (χ3v) is 5.67. The van der Waals surface area contributed by atoms with Crippen LogP contribution in [0.5, 0.6) is 0 Å². The molecule has 2 aromatic carbocycles. The summed E-state index contributed by atoms with van der Waals surface area (Å²) in [4.78, 5) is 24.2. The summed E-state index contributed by atoms with van der Waals surface area (Å²) in [5.74, 6) is -1.23. The van der Waals surface area contributed by atoms with Crippen LogP contribution in [0.1, 0.15) is 15.9 Å². The van der Waals surface area contributed by atoms with E-state index in [0.29, 0.717) is 10.6 Å². The van der Waals surface area contributed by atoms with Gasteiger partial charge >= 0.3 is 5.97 Å². The highest BCUT2D eigenvalue weighted by Crippen LogP contribution is 2.24. The number of nitrogens with one attached hydrogen (secondary N) is 1. The van der Waals surface area contributed by atoms with Gasteiger partial charge in [-0.05, 0) is 29.8 Å². The number of carbonyl (C=O) groups is 2. The van der Waals surface area contributed by atoms with Crippen LogP contribution in [0.25, 0.3) is 0 Å². The number of amides is 1. The number of sulfonamides is 1. The smallest absolute Gasteiger partial charge is 0.339 e. The van der Waals surface area contributed by atoms with Gasteiger partial charge in [0.05, 0.1) is 41.2 Å². The van der Waals surface area contributed by atoms with Crippen LogP contribution in [0.2, 0.25) is 10.0 Å². The summed E-state index contributed by atoms with van der Waals surface area (Å²) in [5.41, 5.74) is 0.957. The Hall–Kier alpha value is -2.13. The minimum absolute atomic E-state index is 0.0677. The minimum atomic E-state index is -3.70. The number of hydrogen-bond donors (Lipinski definition) is 1. The molecule has 28 heavy (non-hydrogen) atoms. The topological polar surface area (TPSA) is 92.8 Å². The maximum Gasteiger partial charge on any atom is 0.339 e. The lowest BCUT2D eigenvalue weighted by Gasteiger charge is -2.20. The Morgan fingerprint density at radius 3 is 2.39 bits per heavy atom. The molecule has 0 spiro atoms. The molecule has 7 nitrogen and oxygen atoms in total. The van der Waals surface area contributed by atoms with Crippen molar-refractivity contribution in [3.63, 3.8) is 0 Å². The van der Waals surface area contributed by atoms with Crippen LogP contribution in [-0.4, -0.2) is 44.5 Å². The number of para-hydroxylation sites is 1. The van der Waals surface area contributed by atoms with E-state index in [1.807, 2.05) is 0 Å². The second kappa shape index (κ2) is 9.38. The van der Waals surface area contributed by atoms with Gasteiger partial charge in [-0.2, -0.15) is 4.31 Å². The van der Waals surface area contributed by atoms with Crippen molar-refractivity contribution in [2.45, 2.75) is 6.54 Å². The molecule has 0 aliphatic heterocycles. The molecule has 0 aliphatic rings. The Kier molecular flexibility index (Phi) is 7.42. The third-order valence-electron chi connectivity index (χ3n) is 3.74. The highest BCUT2D eigenvalue weighted by atomic mass is 35.5. The quantitative estimate of drug-likeness (QED) is 0.661. The molecule has 1 amide bonds. The van der Waals surface area contributed by atoms with Crippen LogP contribution in [0.3, 0.4) is 0 Å². The fraction of sp³-hybridized carbons (Fsp3) is 0.222. The molecule has 0 radical (unpaired) electrons. The highest BCUT2D eigenvalue weighted by molar-refractivity contribution is 7.88. The van der Waals surface area contributed by atoms with Gasteiger partial charge in [0.25, 0.3) is 0 Å². The molecule has 0 saturated carbocycles. The van der Waals surface area contributed by atoms with Gasteiger partial charge in [-0.1, -0.05) is 41.4 Å². The maximum atomic E-state index is 12.4. The van der Waals surface area contributed by atoms with Crippen molar-refractivity contribution in [2.75, 3.05) is 25.2 Å². The van der Waals surface area contributed by atoms with E-state index in [2.05, 4.69) is 10.1 Å². The molecule has 0 fully saturated rings. The van der Waals surface area contributed by atoms with E-state index in [1.165, 1.54) is 25.3 Å². The number of methoxy groups -OCH3 is 1. The average molecular weight is 445 g/mol. The normalized spacial score (nSPS) is 11.3. The van der Waals surface area contributed by atoms with Crippen LogP contribution in [0.15, 0.2) is 42.5 Å². The number of nitrogens with zero attached hydrogens (tertiary/aromatic N) is 1. The Bertz CT molecular complexity index is 995. The van der Waals surface area contributed by atoms with Gasteiger partial charge in [0.2, 0.25) is 15.9 Å². The van der Waals surface area contributed by atoms with Gasteiger partial charge in [-0.25, -0.2) is 13.2 Å². The summed E-state index contributed by atoms with van der Waals surface area (Å²) in [6, 6.07) is 11.0. The highest BCUT2D eigenvalue weighted by Gasteiger charge is 2.22. The first-order valence-corrected chi connectivity index (χ1v) is 10.6. The predicted octanol–water partition coefficient (Wildman–Crippen LogP) is 3.18. The van der Waals surface area contributed by atoms with Crippen LogP contribution < -0.4 is 5.32 Å². The van der Waals surface area contributed by atoms with Crippen molar-refractivity contribution < 1.29 is 22.7 Å². The maximum absolute atomic E-state index is 12.4. The van der Waals surface area contributed by atoms with Gasteiger partial charge in [0, 0.05) is 6.54 Å². The van der Waals surface area contributed by atoms with Gasteiger partial charge in [0.15, 0.2) is 0 Å². The van der Waals surface area contributed by atoms with Crippen LogP contribution in [0, 0.1) is 0 Å². The molecule has 0 aliphatic carbocycles. The summed E-state index contributed by atoms with van der Waals surface area (Å²) in [6.45, 7) is -0.517. The number of carbonyl (C=O) groups excluding carboxylic acids is 2. The number of esters is 1. The summed E-state index contributed by atoms with van der Waals surface area (Å²) in [7, 11) is -2.47. The van der Waals surface area contributed by atoms with Gasteiger partial charge < -0.3 is 10.1 Å². The fourth-order valence-corrected chi connectivity index (χ4v) is 3.42. The zero-order chi connectivity index (χ0) is 20.9. The first-order chi connectivity index (χ1) is 13.1. The van der Waals surface area contributed by atoms with Gasteiger partial charge in [-0.3, -0.25) is 4.79 Å². The third kappa shape index (κ3) is 5.93. The number of rotatable bonds is 7. The van der Waals surface area contributed by atoms with Gasteiger partial charge in [-0.15, -0.1) is 0 Å². The summed E-state index contributed by atoms with van der Waals surface area (Å²) in [5, 5.41) is 3.16. The molecular formula is C18H18Cl2N2O5S. The number of ether oxygens (including phenoxy) is 1. The molecule has 0 saturated heterocycles. The Morgan fingerprint density at radius 1 is 1.11 bits per heavy atom. The lowest BCUT2D eigenvalue weighted by Crippen LogP contribution is -2.37.